The van der Waals surface area contributed by atoms with E-state index in [2.05, 4.69) is 10.0 Å². The molecule has 0 aromatic heterocycles. The zero-order chi connectivity index (χ0) is 15.4. The molecule has 0 aliphatic carbocycles. The third-order valence-electron chi connectivity index (χ3n) is 2.67. The van der Waals surface area contributed by atoms with E-state index in [1.807, 2.05) is 6.92 Å². The van der Waals surface area contributed by atoms with Crippen LogP contribution in [-0.2, 0) is 16.2 Å². The lowest BCUT2D eigenvalue weighted by molar-refractivity contribution is -0.138. The first kappa shape index (κ1) is 20.2. The van der Waals surface area contributed by atoms with Crippen molar-refractivity contribution in [2.45, 2.75) is 24.9 Å². The smallest absolute Gasteiger partial charge is 0.316 e. The Labute approximate surface area is 128 Å². The van der Waals surface area contributed by atoms with Crippen LogP contribution in [0.25, 0.3) is 0 Å². The summed E-state index contributed by atoms with van der Waals surface area (Å²) in [6.45, 7) is 4.37. The molecule has 1 rings (SSSR count). The van der Waals surface area contributed by atoms with Gasteiger partial charge in [0.2, 0.25) is 10.0 Å². The summed E-state index contributed by atoms with van der Waals surface area (Å²) >= 11 is 0. The minimum absolute atomic E-state index is 0. The Morgan fingerprint density at radius 3 is 2.33 bits per heavy atom. The van der Waals surface area contributed by atoms with Gasteiger partial charge in [0.25, 0.3) is 0 Å². The van der Waals surface area contributed by atoms with Crippen LogP contribution >= 0.6 is 12.4 Å². The second kappa shape index (κ2) is 7.98. The van der Waals surface area contributed by atoms with Crippen LogP contribution in [-0.4, -0.2) is 28.1 Å². The zero-order valence-corrected chi connectivity index (χ0v) is 13.3. The van der Waals surface area contributed by atoms with Crippen molar-refractivity contribution in [3.8, 4) is 0 Å². The summed E-state index contributed by atoms with van der Waals surface area (Å²) in [7, 11) is -3.93. The summed E-state index contributed by atoms with van der Waals surface area (Å²) in [5, 5.41) is 2.91. The van der Waals surface area contributed by atoms with E-state index in [0.717, 1.165) is 6.07 Å². The fraction of sp³-hybridized carbons (Fsp3) is 0.500. The Morgan fingerprint density at radius 1 is 1.19 bits per heavy atom. The minimum Gasteiger partial charge on any atom is -0.316 e. The summed E-state index contributed by atoms with van der Waals surface area (Å²) in [6, 6.07) is 2.98. The Kier molecular flexibility index (Phi) is 7.66. The van der Waals surface area contributed by atoms with Crippen molar-refractivity contribution in [3.05, 3.63) is 29.3 Å². The molecule has 0 heterocycles. The second-order valence-electron chi connectivity index (χ2n) is 4.23. The molecular weight excluding hydrogens is 329 g/mol. The molecule has 0 saturated heterocycles. The fourth-order valence-corrected chi connectivity index (χ4v) is 2.67. The van der Waals surface area contributed by atoms with Crippen LogP contribution in [0.2, 0.25) is 0 Å². The zero-order valence-electron chi connectivity index (χ0n) is 11.6. The topological polar surface area (TPSA) is 58.2 Å². The number of hydrogen-bond donors (Lipinski definition) is 2. The molecule has 2 N–H and O–H groups in total. The standard InChI is InChI=1S/C12H17F3N2O2S.ClH/c1-3-16-6-7-17-20(18,19)10-5-4-9(2)11(8-10)12(13,14)15;/h4-5,8,16-17H,3,6-7H2,1-2H3;1H. The lowest BCUT2D eigenvalue weighted by Gasteiger charge is -2.13. The Balaban J connectivity index is 0.00000400. The lowest BCUT2D eigenvalue weighted by atomic mass is 10.1. The van der Waals surface area contributed by atoms with Gasteiger partial charge in [0, 0.05) is 13.1 Å². The van der Waals surface area contributed by atoms with E-state index in [-0.39, 0.29) is 29.4 Å². The number of halogens is 4. The van der Waals surface area contributed by atoms with Crippen LogP contribution < -0.4 is 10.0 Å². The number of benzene rings is 1. The first-order chi connectivity index (χ1) is 9.18. The van der Waals surface area contributed by atoms with Gasteiger partial charge in [-0.05, 0) is 31.2 Å². The van der Waals surface area contributed by atoms with E-state index < -0.39 is 21.8 Å². The first-order valence-corrected chi connectivity index (χ1v) is 7.55. The van der Waals surface area contributed by atoms with Gasteiger partial charge in [0.15, 0.2) is 0 Å². The number of likely N-dealkylation sites (N-methyl/N-ethyl adjacent to an activating group) is 1. The highest BCUT2D eigenvalue weighted by Gasteiger charge is 2.33. The van der Waals surface area contributed by atoms with Crippen molar-refractivity contribution >= 4 is 22.4 Å². The van der Waals surface area contributed by atoms with E-state index in [1.165, 1.54) is 13.0 Å². The molecule has 0 amide bonds. The number of nitrogens with one attached hydrogen (secondary N) is 2. The van der Waals surface area contributed by atoms with Gasteiger partial charge in [0.05, 0.1) is 10.5 Å². The maximum atomic E-state index is 12.7. The maximum Gasteiger partial charge on any atom is 0.416 e. The minimum atomic E-state index is -4.57. The van der Waals surface area contributed by atoms with Crippen LogP contribution in [0.3, 0.4) is 0 Å². The second-order valence-corrected chi connectivity index (χ2v) is 5.99. The van der Waals surface area contributed by atoms with Gasteiger partial charge in [0.1, 0.15) is 0 Å². The number of sulfonamides is 1. The van der Waals surface area contributed by atoms with Gasteiger partial charge in [-0.15, -0.1) is 12.4 Å². The highest BCUT2D eigenvalue weighted by Crippen LogP contribution is 2.33. The fourth-order valence-electron chi connectivity index (χ4n) is 1.61. The molecule has 0 unspecified atom stereocenters. The van der Waals surface area contributed by atoms with E-state index in [9.17, 15) is 21.6 Å². The molecule has 21 heavy (non-hydrogen) atoms. The quantitative estimate of drug-likeness (QED) is 0.777. The van der Waals surface area contributed by atoms with Crippen molar-refractivity contribution in [1.82, 2.24) is 10.0 Å². The molecule has 0 radical (unpaired) electrons. The molecule has 0 atom stereocenters. The SMILES string of the molecule is CCNCCNS(=O)(=O)c1ccc(C)c(C(F)(F)F)c1.Cl. The average molecular weight is 347 g/mol. The van der Waals surface area contributed by atoms with Gasteiger partial charge in [-0.3, -0.25) is 0 Å². The van der Waals surface area contributed by atoms with Crippen LogP contribution in [0.1, 0.15) is 18.1 Å². The number of alkyl halides is 3. The highest BCUT2D eigenvalue weighted by atomic mass is 35.5. The van der Waals surface area contributed by atoms with Crippen LogP contribution in [0.5, 0.6) is 0 Å². The van der Waals surface area contributed by atoms with Crippen molar-refractivity contribution in [1.29, 1.82) is 0 Å². The van der Waals surface area contributed by atoms with Gasteiger partial charge in [-0.1, -0.05) is 13.0 Å². The normalized spacial score (nSPS) is 12.0. The monoisotopic (exact) mass is 346 g/mol. The lowest BCUT2D eigenvalue weighted by Crippen LogP contribution is -2.32. The van der Waals surface area contributed by atoms with Gasteiger partial charge >= 0.3 is 6.18 Å². The molecule has 0 fully saturated rings. The van der Waals surface area contributed by atoms with Crippen molar-refractivity contribution < 1.29 is 21.6 Å². The molecule has 4 nitrogen and oxygen atoms in total. The molecule has 0 aliphatic rings. The van der Waals surface area contributed by atoms with Crippen LogP contribution in [0.4, 0.5) is 13.2 Å². The third kappa shape index (κ3) is 5.82. The van der Waals surface area contributed by atoms with Crippen molar-refractivity contribution in [2.75, 3.05) is 19.6 Å². The summed E-state index contributed by atoms with van der Waals surface area (Å²) in [4.78, 5) is -0.382. The molecule has 0 bridgehead atoms. The largest absolute Gasteiger partial charge is 0.416 e. The maximum absolute atomic E-state index is 12.7. The number of hydrogen-bond acceptors (Lipinski definition) is 3. The summed E-state index contributed by atoms with van der Waals surface area (Å²) in [5.74, 6) is 0. The predicted octanol–water partition coefficient (Wildman–Crippen LogP) is 2.32. The number of aryl methyl sites for hydroxylation is 1. The third-order valence-corrected chi connectivity index (χ3v) is 4.13. The molecule has 0 spiro atoms. The Bertz CT molecular complexity index is 562. The Morgan fingerprint density at radius 2 is 1.81 bits per heavy atom. The van der Waals surface area contributed by atoms with Crippen LogP contribution in [0.15, 0.2) is 23.1 Å². The predicted molar refractivity (Wildman–Crippen MR) is 77.2 cm³/mol. The van der Waals surface area contributed by atoms with E-state index >= 15 is 0 Å². The molecule has 0 aliphatic heterocycles. The Hall–Kier alpha value is -0.830. The van der Waals surface area contributed by atoms with E-state index in [0.29, 0.717) is 19.2 Å². The molecule has 0 saturated carbocycles. The van der Waals surface area contributed by atoms with Crippen molar-refractivity contribution in [2.24, 2.45) is 0 Å². The molecule has 1 aromatic carbocycles. The van der Waals surface area contributed by atoms with Crippen LogP contribution in [0, 0.1) is 6.92 Å². The van der Waals surface area contributed by atoms with E-state index in [1.54, 1.807) is 0 Å². The molecule has 9 heteroatoms. The molecule has 122 valence electrons. The highest BCUT2D eigenvalue weighted by molar-refractivity contribution is 7.89. The molecule has 1 aromatic rings. The van der Waals surface area contributed by atoms with Gasteiger partial charge < -0.3 is 5.32 Å². The van der Waals surface area contributed by atoms with Gasteiger partial charge in [-0.25, -0.2) is 13.1 Å². The molecular formula is C12H18ClF3N2O2S. The average Bonchev–Trinajstić information content (AvgIpc) is 2.33. The van der Waals surface area contributed by atoms with E-state index in [4.69, 9.17) is 0 Å². The summed E-state index contributed by atoms with van der Waals surface area (Å²) < 4.78 is 64.2. The number of rotatable bonds is 6. The van der Waals surface area contributed by atoms with Crippen molar-refractivity contribution in [3.63, 3.8) is 0 Å². The first-order valence-electron chi connectivity index (χ1n) is 6.06. The summed E-state index contributed by atoms with van der Waals surface area (Å²) in [6.07, 6.45) is -4.57. The van der Waals surface area contributed by atoms with Gasteiger partial charge in [-0.2, -0.15) is 13.2 Å². The summed E-state index contributed by atoms with van der Waals surface area (Å²) in [5.41, 5.74) is -0.948.